The van der Waals surface area contributed by atoms with Gasteiger partial charge in [-0.25, -0.2) is 0 Å². The summed E-state index contributed by atoms with van der Waals surface area (Å²) in [7, 11) is 0. The first kappa shape index (κ1) is 31.3. The minimum absolute atomic E-state index is 0.553. The van der Waals surface area contributed by atoms with Crippen LogP contribution in [0.2, 0.25) is 0 Å². The maximum atomic E-state index is 2.70. The van der Waals surface area contributed by atoms with E-state index in [9.17, 15) is 0 Å². The van der Waals surface area contributed by atoms with Gasteiger partial charge in [0.2, 0.25) is 0 Å². The summed E-state index contributed by atoms with van der Waals surface area (Å²) < 4.78 is 0. The second kappa shape index (κ2) is 10.8. The van der Waals surface area contributed by atoms with E-state index in [2.05, 4.69) is 55.4 Å². The molecule has 44 heavy (non-hydrogen) atoms. The van der Waals surface area contributed by atoms with Gasteiger partial charge in [-0.05, 0) is 194 Å². The molecule has 0 heteroatoms. The van der Waals surface area contributed by atoms with Crippen LogP contribution in [-0.2, 0) is 0 Å². The molecular weight excluding hydrogens is 528 g/mol. The van der Waals surface area contributed by atoms with E-state index in [4.69, 9.17) is 0 Å². The highest BCUT2D eigenvalue weighted by Gasteiger charge is 2.63. The molecule has 0 aromatic carbocycles. The zero-order valence-electron chi connectivity index (χ0n) is 30.8. The summed E-state index contributed by atoms with van der Waals surface area (Å²) >= 11 is 0. The molecule has 0 bridgehead atoms. The summed E-state index contributed by atoms with van der Waals surface area (Å²) in [4.78, 5) is 0. The molecule has 0 saturated heterocycles. The molecule has 0 aromatic heterocycles. The second-order valence-electron chi connectivity index (χ2n) is 22.1. The Morgan fingerprint density at radius 3 is 0.955 bits per heavy atom. The molecule has 0 aliphatic heterocycles. The van der Waals surface area contributed by atoms with Crippen molar-refractivity contribution in [3.05, 3.63) is 0 Å². The van der Waals surface area contributed by atoms with E-state index in [-0.39, 0.29) is 0 Å². The van der Waals surface area contributed by atoms with Crippen LogP contribution in [0, 0.1) is 105 Å². The molecule has 8 saturated carbocycles. The lowest BCUT2D eigenvalue weighted by atomic mass is 9.46. The Morgan fingerprint density at radius 1 is 0.341 bits per heavy atom. The lowest BCUT2D eigenvalue weighted by Gasteiger charge is -2.59. The van der Waals surface area contributed by atoms with E-state index in [1.165, 1.54) is 25.7 Å². The molecule has 12 unspecified atom stereocenters. The Balaban J connectivity index is 1.11. The van der Waals surface area contributed by atoms with Crippen molar-refractivity contribution in [2.75, 3.05) is 0 Å². The van der Waals surface area contributed by atoms with Gasteiger partial charge in [0, 0.05) is 0 Å². The molecule has 8 aliphatic rings. The van der Waals surface area contributed by atoms with Crippen molar-refractivity contribution < 1.29 is 0 Å². The number of hydrogen-bond acceptors (Lipinski definition) is 0. The first-order chi connectivity index (χ1) is 20.8. The lowest BCUT2D eigenvalue weighted by molar-refractivity contribution is -0.0969. The third-order valence-electron chi connectivity index (χ3n) is 18.9. The maximum Gasteiger partial charge on any atom is -0.0323 e. The Kier molecular flexibility index (Phi) is 7.64. The van der Waals surface area contributed by atoms with Gasteiger partial charge in [-0.15, -0.1) is 0 Å². The Bertz CT molecular complexity index is 978. The van der Waals surface area contributed by atoms with E-state index in [0.717, 1.165) is 82.9 Å². The Hall–Kier alpha value is 0. The molecule has 12 atom stereocenters. The summed E-state index contributed by atoms with van der Waals surface area (Å²) in [6, 6.07) is 0. The summed E-state index contributed by atoms with van der Waals surface area (Å²) in [6.45, 7) is 21.5. The molecule has 0 nitrogen and oxygen atoms in total. The van der Waals surface area contributed by atoms with E-state index < -0.39 is 0 Å². The minimum Gasteiger partial charge on any atom is -0.0596 e. The monoisotopic (exact) mass is 603 g/mol. The van der Waals surface area contributed by atoms with E-state index in [1.807, 2.05) is 0 Å². The molecule has 0 spiro atoms. The van der Waals surface area contributed by atoms with Gasteiger partial charge in [0.1, 0.15) is 0 Å². The predicted molar refractivity (Wildman–Crippen MR) is 187 cm³/mol. The van der Waals surface area contributed by atoms with E-state index in [1.54, 1.807) is 89.9 Å². The SMILES string of the molecule is CC1(C)CCC(C)(C)C2CC3C(CC21)C(CCC1C2CCCCC2C2CCCCC21)C1CC2C(CC13)C(C)(C)CCC2(C)C. The van der Waals surface area contributed by atoms with Gasteiger partial charge in [-0.3, -0.25) is 0 Å². The van der Waals surface area contributed by atoms with E-state index >= 15 is 0 Å². The molecule has 8 fully saturated rings. The van der Waals surface area contributed by atoms with Crippen LogP contribution in [-0.4, -0.2) is 0 Å². The normalized spacial score (nSPS) is 52.9. The van der Waals surface area contributed by atoms with Crippen LogP contribution >= 0.6 is 0 Å². The molecule has 250 valence electrons. The van der Waals surface area contributed by atoms with Gasteiger partial charge in [0.25, 0.3) is 0 Å². The first-order valence-corrected chi connectivity index (χ1v) is 20.8. The van der Waals surface area contributed by atoms with Gasteiger partial charge < -0.3 is 0 Å². The third-order valence-corrected chi connectivity index (χ3v) is 18.9. The molecule has 0 N–H and O–H groups in total. The fraction of sp³-hybridized carbons (Fsp3) is 1.00. The van der Waals surface area contributed by atoms with Gasteiger partial charge >= 0.3 is 0 Å². The third kappa shape index (κ3) is 4.82. The van der Waals surface area contributed by atoms with Crippen molar-refractivity contribution in [3.63, 3.8) is 0 Å². The summed E-state index contributed by atoms with van der Waals surface area (Å²) in [5, 5.41) is 0. The highest BCUT2D eigenvalue weighted by Crippen LogP contribution is 2.71. The van der Waals surface area contributed by atoms with Gasteiger partial charge in [0.05, 0.1) is 0 Å². The van der Waals surface area contributed by atoms with Crippen LogP contribution in [0.1, 0.15) is 171 Å². The second-order valence-corrected chi connectivity index (χ2v) is 22.1. The molecule has 0 radical (unpaired) electrons. The molecule has 0 aromatic rings. The lowest BCUT2D eigenvalue weighted by Crippen LogP contribution is -2.51. The molecule has 8 aliphatic carbocycles. The topological polar surface area (TPSA) is 0 Å². The van der Waals surface area contributed by atoms with Crippen LogP contribution in [0.15, 0.2) is 0 Å². The number of fused-ring (bicyclic) bond motifs is 8. The molecule has 0 amide bonds. The minimum atomic E-state index is 0.553. The number of hydrogen-bond donors (Lipinski definition) is 0. The maximum absolute atomic E-state index is 2.70. The van der Waals surface area contributed by atoms with E-state index in [0.29, 0.717) is 21.7 Å². The van der Waals surface area contributed by atoms with Crippen LogP contribution in [0.25, 0.3) is 0 Å². The van der Waals surface area contributed by atoms with Crippen molar-refractivity contribution in [1.82, 2.24) is 0 Å². The Labute approximate surface area is 274 Å². The fourth-order valence-electron chi connectivity index (χ4n) is 16.4. The molecule has 0 heterocycles. The highest BCUT2D eigenvalue weighted by molar-refractivity contribution is 5.12. The van der Waals surface area contributed by atoms with Gasteiger partial charge in [0.15, 0.2) is 0 Å². The predicted octanol–water partition coefficient (Wildman–Crippen LogP) is 12.8. The molecule has 8 rings (SSSR count). The van der Waals surface area contributed by atoms with Crippen LogP contribution < -0.4 is 0 Å². The van der Waals surface area contributed by atoms with Crippen LogP contribution in [0.4, 0.5) is 0 Å². The Morgan fingerprint density at radius 2 is 0.614 bits per heavy atom. The highest BCUT2D eigenvalue weighted by atomic mass is 14.7. The summed E-state index contributed by atoms with van der Waals surface area (Å²) in [6.07, 6.45) is 28.2. The standard InChI is InChI=1S/C44H74/c1-41(2)19-21-43(5,6)39-25-35-33(23-37(39)41)32(34-24-38-40(26-36(34)35)44(7,8)22-20-42(38,3)4)18-17-31-29-15-11-9-13-27(29)28-14-10-12-16-30(28)31/h27-40H,9-26H2,1-8H3. The first-order valence-electron chi connectivity index (χ1n) is 20.8. The average Bonchev–Trinajstić information content (AvgIpc) is 3.47. The van der Waals surface area contributed by atoms with Crippen molar-refractivity contribution in [3.8, 4) is 0 Å². The van der Waals surface area contributed by atoms with Crippen LogP contribution in [0.3, 0.4) is 0 Å². The van der Waals surface area contributed by atoms with Crippen molar-refractivity contribution in [1.29, 1.82) is 0 Å². The summed E-state index contributed by atoms with van der Waals surface area (Å²) in [5.41, 5.74) is 2.21. The van der Waals surface area contributed by atoms with Crippen molar-refractivity contribution >= 4 is 0 Å². The fourth-order valence-corrected chi connectivity index (χ4v) is 16.4. The van der Waals surface area contributed by atoms with Crippen molar-refractivity contribution in [2.24, 2.45) is 105 Å². The quantitative estimate of drug-likeness (QED) is 0.301. The smallest absolute Gasteiger partial charge is 0.0323 e. The van der Waals surface area contributed by atoms with Gasteiger partial charge in [-0.1, -0.05) is 81.1 Å². The van der Waals surface area contributed by atoms with Crippen LogP contribution in [0.5, 0.6) is 0 Å². The summed E-state index contributed by atoms with van der Waals surface area (Å²) in [5.74, 6) is 14.8. The van der Waals surface area contributed by atoms with Gasteiger partial charge in [-0.2, -0.15) is 0 Å². The molecular formula is C44H74. The largest absolute Gasteiger partial charge is 0.0596 e. The number of rotatable bonds is 3. The zero-order valence-corrected chi connectivity index (χ0v) is 30.8. The average molecular weight is 603 g/mol. The zero-order chi connectivity index (χ0) is 30.8. The van der Waals surface area contributed by atoms with Crippen molar-refractivity contribution in [2.45, 2.75) is 171 Å².